The van der Waals surface area contributed by atoms with E-state index in [4.69, 9.17) is 33.3 Å². The molecule has 0 radical (unpaired) electrons. The zero-order valence-corrected chi connectivity index (χ0v) is 32.0. The van der Waals surface area contributed by atoms with E-state index in [9.17, 15) is 5.26 Å². The molecule has 2 aromatic carbocycles. The normalized spacial score (nSPS) is 19.0. The van der Waals surface area contributed by atoms with E-state index in [1.807, 2.05) is 47.0 Å². The van der Waals surface area contributed by atoms with E-state index < -0.39 is 16.6 Å². The van der Waals surface area contributed by atoms with Crippen LogP contribution in [-0.2, 0) is 20.2 Å². The molecule has 4 aromatic rings. The Balaban J connectivity index is 1.49. The van der Waals surface area contributed by atoms with Crippen LogP contribution in [0.25, 0.3) is 11.2 Å². The summed E-state index contributed by atoms with van der Waals surface area (Å²) >= 11 is 0. The fourth-order valence-electron chi connectivity index (χ4n) is 4.95. The Morgan fingerprint density at radius 3 is 2.23 bits per heavy atom. The number of rotatable bonds is 11. The molecule has 0 bridgehead atoms. The Kier molecular flexibility index (Phi) is 10.2. The van der Waals surface area contributed by atoms with Crippen LogP contribution in [0.1, 0.15) is 65.3 Å². The number of hydrogen-bond donors (Lipinski definition) is 1. The highest BCUT2D eigenvalue weighted by molar-refractivity contribution is 6.74. The summed E-state index contributed by atoms with van der Waals surface area (Å²) < 4.78 is 28.8. The Labute approximate surface area is 287 Å². The molecule has 48 heavy (non-hydrogen) atoms. The molecule has 1 aliphatic rings. The highest BCUT2D eigenvalue weighted by Crippen LogP contribution is 2.43. The Morgan fingerprint density at radius 2 is 1.60 bits per heavy atom. The highest BCUT2D eigenvalue weighted by atomic mass is 28.4. The van der Waals surface area contributed by atoms with Gasteiger partial charge in [-0.1, -0.05) is 71.9 Å². The van der Waals surface area contributed by atoms with E-state index in [-0.39, 0.29) is 28.5 Å². The lowest BCUT2D eigenvalue weighted by Gasteiger charge is -2.40. The van der Waals surface area contributed by atoms with Gasteiger partial charge < -0.3 is 23.6 Å². The molecule has 2 aromatic heterocycles. The molecular weight excluding hydrogens is 637 g/mol. The Morgan fingerprint density at radius 1 is 0.938 bits per heavy atom. The minimum atomic E-state index is -2.13. The van der Waals surface area contributed by atoms with Crippen molar-refractivity contribution in [3.63, 3.8) is 0 Å². The number of ether oxygens (including phenoxy) is 2. The average Bonchev–Trinajstić information content (AvgIpc) is 3.62. The van der Waals surface area contributed by atoms with Crippen molar-refractivity contribution in [2.24, 2.45) is 0 Å². The molecule has 0 aliphatic carbocycles. The molecule has 12 heteroatoms. The summed E-state index contributed by atoms with van der Waals surface area (Å²) in [6.45, 7) is 23.4. The smallest absolute Gasteiger partial charge is 0.247 e. The summed E-state index contributed by atoms with van der Waals surface area (Å²) in [5.41, 5.74) is 3.46. The molecule has 1 aliphatic heterocycles. The van der Waals surface area contributed by atoms with Crippen molar-refractivity contribution in [2.75, 3.05) is 11.9 Å². The predicted molar refractivity (Wildman–Crippen MR) is 194 cm³/mol. The number of fused-ring (bicyclic) bond motifs is 1. The zero-order chi connectivity index (χ0) is 34.9. The van der Waals surface area contributed by atoms with Crippen LogP contribution in [0.5, 0.6) is 5.88 Å². The minimum absolute atomic E-state index is 0.0435. The maximum atomic E-state index is 9.24. The number of hydrogen-bond acceptors (Lipinski definition) is 9. The first-order valence-electron chi connectivity index (χ1n) is 16.6. The van der Waals surface area contributed by atoms with Gasteiger partial charge in [0.05, 0.1) is 30.7 Å². The third kappa shape index (κ3) is 7.98. The summed E-state index contributed by atoms with van der Waals surface area (Å²) in [5, 5.41) is 12.6. The number of benzene rings is 2. The van der Waals surface area contributed by atoms with E-state index >= 15 is 0 Å². The van der Waals surface area contributed by atoms with Gasteiger partial charge in [0, 0.05) is 12.1 Å². The summed E-state index contributed by atoms with van der Waals surface area (Å²) in [6.07, 6.45) is 1.61. The average molecular weight is 687 g/mol. The molecule has 3 atom stereocenters. The minimum Gasteiger partial charge on any atom is -0.471 e. The lowest BCUT2D eigenvalue weighted by atomic mass is 10.2. The summed E-state index contributed by atoms with van der Waals surface area (Å²) in [6, 6.07) is 19.2. The predicted octanol–water partition coefficient (Wildman–Crippen LogP) is 8.72. The van der Waals surface area contributed by atoms with E-state index in [0.717, 1.165) is 11.3 Å². The second-order valence-corrected chi connectivity index (χ2v) is 25.2. The lowest BCUT2D eigenvalue weighted by Crippen LogP contribution is -2.48. The first-order chi connectivity index (χ1) is 22.5. The third-order valence-electron chi connectivity index (χ3n) is 10.0. The second kappa shape index (κ2) is 13.7. The van der Waals surface area contributed by atoms with Gasteiger partial charge in [-0.2, -0.15) is 15.2 Å². The number of anilines is 2. The Bertz CT molecular complexity index is 1740. The SMILES string of the molecule is CC(C)(C)[Si](C)(C)OC[C@H]1O[C@@H](n2cnc3c(OCc4ccccc4)nc(Nc4ccc(C#N)cc4)nc32)C[C@@H]1O[Si](C)(C)C(C)(C)C. The number of aromatic nitrogens is 4. The maximum absolute atomic E-state index is 9.24. The van der Waals surface area contributed by atoms with Crippen molar-refractivity contribution < 1.29 is 18.3 Å². The third-order valence-corrected chi connectivity index (χ3v) is 19.0. The molecular formula is C36H50N6O4Si2. The van der Waals surface area contributed by atoms with Gasteiger partial charge in [-0.3, -0.25) is 4.57 Å². The van der Waals surface area contributed by atoms with Gasteiger partial charge in [-0.15, -0.1) is 0 Å². The number of imidazole rings is 1. The molecule has 1 fully saturated rings. The van der Waals surface area contributed by atoms with Gasteiger partial charge in [0.1, 0.15) is 18.9 Å². The van der Waals surface area contributed by atoms with Gasteiger partial charge in [0.25, 0.3) is 0 Å². The van der Waals surface area contributed by atoms with Crippen molar-refractivity contribution in [1.82, 2.24) is 19.5 Å². The maximum Gasteiger partial charge on any atom is 0.247 e. The summed E-state index contributed by atoms with van der Waals surface area (Å²) in [4.78, 5) is 14.4. The van der Waals surface area contributed by atoms with Crippen molar-refractivity contribution in [1.29, 1.82) is 5.26 Å². The van der Waals surface area contributed by atoms with Crippen molar-refractivity contribution in [3.8, 4) is 11.9 Å². The van der Waals surface area contributed by atoms with E-state index in [1.165, 1.54) is 0 Å². The Hall–Kier alpha value is -3.61. The van der Waals surface area contributed by atoms with Crippen LogP contribution in [0, 0.1) is 11.3 Å². The van der Waals surface area contributed by atoms with Crippen LogP contribution < -0.4 is 10.1 Å². The molecule has 0 amide bonds. The molecule has 0 unspecified atom stereocenters. The van der Waals surface area contributed by atoms with Crippen molar-refractivity contribution >= 4 is 39.4 Å². The topological polar surface area (TPSA) is 116 Å². The number of nitrogens with one attached hydrogen (secondary N) is 1. The molecule has 1 saturated heterocycles. The van der Waals surface area contributed by atoms with Crippen LogP contribution in [0.3, 0.4) is 0 Å². The molecule has 5 rings (SSSR count). The quantitative estimate of drug-likeness (QED) is 0.155. The largest absolute Gasteiger partial charge is 0.471 e. The van der Waals surface area contributed by atoms with Gasteiger partial charge in [0.2, 0.25) is 11.8 Å². The van der Waals surface area contributed by atoms with Crippen LogP contribution >= 0.6 is 0 Å². The van der Waals surface area contributed by atoms with Crippen molar-refractivity contribution in [2.45, 2.75) is 109 Å². The van der Waals surface area contributed by atoms with Crippen LogP contribution in [-0.4, -0.2) is 55.0 Å². The molecule has 10 nitrogen and oxygen atoms in total. The first-order valence-corrected chi connectivity index (χ1v) is 22.4. The highest BCUT2D eigenvalue weighted by Gasteiger charge is 2.47. The van der Waals surface area contributed by atoms with Crippen LogP contribution in [0.2, 0.25) is 36.3 Å². The first kappa shape index (κ1) is 35.7. The molecule has 1 N–H and O–H groups in total. The molecule has 3 heterocycles. The van der Waals surface area contributed by atoms with Crippen LogP contribution in [0.15, 0.2) is 60.9 Å². The second-order valence-electron chi connectivity index (χ2n) is 15.6. The molecule has 0 spiro atoms. The summed E-state index contributed by atoms with van der Waals surface area (Å²) in [7, 11) is -4.16. The molecule has 256 valence electrons. The zero-order valence-electron chi connectivity index (χ0n) is 30.0. The van der Waals surface area contributed by atoms with E-state index in [0.29, 0.717) is 48.2 Å². The fraction of sp³-hybridized carbons (Fsp3) is 0.500. The van der Waals surface area contributed by atoms with Crippen LogP contribution in [0.4, 0.5) is 11.6 Å². The van der Waals surface area contributed by atoms with E-state index in [2.05, 4.69) is 79.1 Å². The van der Waals surface area contributed by atoms with E-state index in [1.54, 1.807) is 18.5 Å². The standard InChI is InChI=1S/C36H50N6O4Si2/c1-35(2,3)47(7,8)44-23-29-28(46-48(9,10)36(4,5)6)20-30(45-29)42-24-38-31-32(42)40-34(39-27-18-16-25(21-37)17-19-27)41-33(31)43-22-26-14-12-11-13-15-26/h11-19,24,28-30H,20,22-23H2,1-10H3,(H,39,40,41)/t28-,29+,30+/m0/s1. The van der Waals surface area contributed by atoms with Gasteiger partial charge >= 0.3 is 0 Å². The number of nitriles is 1. The summed E-state index contributed by atoms with van der Waals surface area (Å²) in [5.74, 6) is 0.713. The van der Waals surface area contributed by atoms with Gasteiger partial charge in [-0.05, 0) is 66.1 Å². The monoisotopic (exact) mass is 686 g/mol. The van der Waals surface area contributed by atoms with Gasteiger partial charge in [0.15, 0.2) is 27.8 Å². The number of nitrogens with zero attached hydrogens (tertiary/aromatic N) is 5. The fourth-order valence-corrected chi connectivity index (χ4v) is 7.32. The molecule has 0 saturated carbocycles. The van der Waals surface area contributed by atoms with Gasteiger partial charge in [-0.25, -0.2) is 4.98 Å². The van der Waals surface area contributed by atoms with Crippen molar-refractivity contribution in [3.05, 3.63) is 72.1 Å². The lowest BCUT2D eigenvalue weighted by molar-refractivity contribution is -0.0383.